The van der Waals surface area contributed by atoms with E-state index >= 15 is 0 Å². The summed E-state index contributed by atoms with van der Waals surface area (Å²) in [4.78, 5) is 4.94. The summed E-state index contributed by atoms with van der Waals surface area (Å²) in [5.74, 6) is 0.619. The zero-order chi connectivity index (χ0) is 21.1. The molecule has 1 aliphatic rings. The first-order valence-electron chi connectivity index (χ1n) is 9.84. The average Bonchev–Trinajstić information content (AvgIpc) is 2.76. The third-order valence-corrected chi connectivity index (χ3v) is 5.72. The zero-order valence-corrected chi connectivity index (χ0v) is 18.0. The minimum Gasteiger partial charge on any atom is -0.504 e. The largest absolute Gasteiger partial charge is 0.504 e. The maximum absolute atomic E-state index is 10.8. The highest BCUT2D eigenvalue weighted by atomic mass is 35.5. The number of rotatable bonds is 5. The van der Waals surface area contributed by atoms with E-state index in [-0.39, 0.29) is 18.0 Å². The Morgan fingerprint density at radius 1 is 1.00 bits per heavy atom. The van der Waals surface area contributed by atoms with Crippen molar-refractivity contribution in [2.75, 3.05) is 6.61 Å². The van der Waals surface area contributed by atoms with Crippen molar-refractivity contribution in [3.05, 3.63) is 93.5 Å². The van der Waals surface area contributed by atoms with Gasteiger partial charge in [-0.2, -0.15) is 0 Å². The molecule has 30 heavy (non-hydrogen) atoms. The summed E-state index contributed by atoms with van der Waals surface area (Å²) in [6, 6.07) is 20.7. The first-order valence-corrected chi connectivity index (χ1v) is 10.6. The number of ether oxygens (including phenoxy) is 1. The Kier molecular flexibility index (Phi) is 6.28. The van der Waals surface area contributed by atoms with Crippen LogP contribution in [-0.4, -0.2) is 17.4 Å². The van der Waals surface area contributed by atoms with Crippen molar-refractivity contribution in [1.29, 1.82) is 0 Å². The van der Waals surface area contributed by atoms with Crippen LogP contribution in [0.1, 0.15) is 42.2 Å². The molecule has 1 heterocycles. The fourth-order valence-corrected chi connectivity index (χ4v) is 4.04. The van der Waals surface area contributed by atoms with Crippen LogP contribution >= 0.6 is 23.2 Å². The van der Waals surface area contributed by atoms with Gasteiger partial charge in [0.15, 0.2) is 11.5 Å². The molecule has 0 amide bonds. The third kappa shape index (κ3) is 4.31. The molecule has 0 saturated carbocycles. The van der Waals surface area contributed by atoms with Gasteiger partial charge >= 0.3 is 0 Å². The van der Waals surface area contributed by atoms with Crippen LogP contribution in [0.15, 0.2) is 71.7 Å². The molecule has 3 aromatic carbocycles. The summed E-state index contributed by atoms with van der Waals surface area (Å²) in [5.41, 5.74) is 3.56. The molecule has 0 spiro atoms. The van der Waals surface area contributed by atoms with Crippen LogP contribution < -0.4 is 10.1 Å². The standard InChI is InChI=1S/C24H22Cl2N2O2/c1-2-30-22-9-5-7-18(23(22)29)21-14-20(15-10-12-16(25)13-11-15)27-24(28-21)17-6-3-4-8-19(17)26/h3-13,21,24,28-29H,2,14H2,1H3/t21-,24+/m1/s1. The molecule has 2 atom stereocenters. The number of para-hydroxylation sites is 1. The smallest absolute Gasteiger partial charge is 0.162 e. The normalized spacial score (nSPS) is 18.7. The molecular weight excluding hydrogens is 419 g/mol. The van der Waals surface area contributed by atoms with Gasteiger partial charge in [-0.25, -0.2) is 0 Å². The number of halogens is 2. The van der Waals surface area contributed by atoms with Crippen LogP contribution in [0.5, 0.6) is 11.5 Å². The Morgan fingerprint density at radius 2 is 1.73 bits per heavy atom. The van der Waals surface area contributed by atoms with Crippen molar-refractivity contribution < 1.29 is 9.84 Å². The molecule has 154 valence electrons. The first kappa shape index (κ1) is 20.7. The molecule has 0 unspecified atom stereocenters. The quantitative estimate of drug-likeness (QED) is 0.487. The molecule has 3 aromatic rings. The molecule has 0 fully saturated rings. The molecular formula is C24H22Cl2N2O2. The number of hydrogen-bond acceptors (Lipinski definition) is 4. The van der Waals surface area contributed by atoms with Gasteiger partial charge in [0.05, 0.1) is 6.61 Å². The van der Waals surface area contributed by atoms with E-state index in [2.05, 4.69) is 5.32 Å². The number of hydrogen-bond donors (Lipinski definition) is 2. The maximum Gasteiger partial charge on any atom is 0.162 e. The number of nitrogens with zero attached hydrogens (tertiary/aromatic N) is 1. The van der Waals surface area contributed by atoms with Crippen LogP contribution in [0.25, 0.3) is 0 Å². The number of phenolic OH excluding ortho intramolecular Hbond substituents is 1. The predicted octanol–water partition coefficient (Wildman–Crippen LogP) is 6.32. The van der Waals surface area contributed by atoms with Crippen LogP contribution in [0.2, 0.25) is 10.0 Å². The van der Waals surface area contributed by atoms with Gasteiger partial charge in [-0.15, -0.1) is 0 Å². The molecule has 0 aliphatic carbocycles. The van der Waals surface area contributed by atoms with E-state index in [1.807, 2.05) is 67.6 Å². The van der Waals surface area contributed by atoms with Crippen LogP contribution in [0.4, 0.5) is 0 Å². The Balaban J connectivity index is 1.77. The molecule has 4 nitrogen and oxygen atoms in total. The predicted molar refractivity (Wildman–Crippen MR) is 122 cm³/mol. The summed E-state index contributed by atoms with van der Waals surface area (Å²) in [7, 11) is 0. The second kappa shape index (κ2) is 9.09. The van der Waals surface area contributed by atoms with E-state index in [4.69, 9.17) is 32.9 Å². The van der Waals surface area contributed by atoms with Crippen molar-refractivity contribution in [3.8, 4) is 11.5 Å². The topological polar surface area (TPSA) is 53.8 Å². The van der Waals surface area contributed by atoms with Crippen molar-refractivity contribution >= 4 is 28.9 Å². The Morgan fingerprint density at radius 3 is 2.47 bits per heavy atom. The lowest BCUT2D eigenvalue weighted by atomic mass is 9.93. The van der Waals surface area contributed by atoms with Crippen LogP contribution in [-0.2, 0) is 0 Å². The fourth-order valence-electron chi connectivity index (χ4n) is 3.67. The summed E-state index contributed by atoms with van der Waals surface area (Å²) < 4.78 is 5.58. The van der Waals surface area contributed by atoms with Gasteiger partial charge in [0.2, 0.25) is 0 Å². The Hall–Kier alpha value is -2.53. The van der Waals surface area contributed by atoms with E-state index in [0.717, 1.165) is 22.4 Å². The molecule has 2 N–H and O–H groups in total. The lowest BCUT2D eigenvalue weighted by molar-refractivity contribution is 0.313. The molecule has 4 rings (SSSR count). The van der Waals surface area contributed by atoms with Gasteiger partial charge in [-0.1, -0.05) is 65.7 Å². The van der Waals surface area contributed by atoms with Gasteiger partial charge in [-0.05, 0) is 36.8 Å². The summed E-state index contributed by atoms with van der Waals surface area (Å²) >= 11 is 12.5. The summed E-state index contributed by atoms with van der Waals surface area (Å²) in [6.45, 7) is 2.37. The van der Waals surface area contributed by atoms with Crippen LogP contribution in [0, 0.1) is 0 Å². The lowest BCUT2D eigenvalue weighted by Crippen LogP contribution is -2.33. The molecule has 1 aliphatic heterocycles. The molecule has 0 bridgehead atoms. The van der Waals surface area contributed by atoms with Crippen molar-refractivity contribution in [1.82, 2.24) is 5.32 Å². The van der Waals surface area contributed by atoms with Gasteiger partial charge in [0.1, 0.15) is 6.17 Å². The third-order valence-electron chi connectivity index (χ3n) is 5.12. The van der Waals surface area contributed by atoms with E-state index in [9.17, 15) is 5.11 Å². The van der Waals surface area contributed by atoms with Gasteiger partial charge in [0, 0.05) is 39.3 Å². The van der Waals surface area contributed by atoms with Gasteiger partial charge in [0.25, 0.3) is 0 Å². The minimum atomic E-state index is -0.349. The average molecular weight is 441 g/mol. The van der Waals surface area contributed by atoms with Gasteiger partial charge in [-0.3, -0.25) is 10.3 Å². The molecule has 0 radical (unpaired) electrons. The Labute approximate surface area is 186 Å². The minimum absolute atomic E-state index is 0.145. The molecule has 6 heteroatoms. The Bertz CT molecular complexity index is 1070. The number of benzene rings is 3. The molecule has 0 aromatic heterocycles. The fraction of sp³-hybridized carbons (Fsp3) is 0.208. The number of aromatic hydroxyl groups is 1. The zero-order valence-electron chi connectivity index (χ0n) is 16.5. The second-order valence-corrected chi connectivity index (χ2v) is 7.90. The highest BCUT2D eigenvalue weighted by Crippen LogP contribution is 2.39. The van der Waals surface area contributed by atoms with E-state index in [1.54, 1.807) is 6.07 Å². The van der Waals surface area contributed by atoms with E-state index in [0.29, 0.717) is 28.8 Å². The first-order chi connectivity index (χ1) is 14.6. The van der Waals surface area contributed by atoms with Crippen molar-refractivity contribution in [2.45, 2.75) is 25.6 Å². The van der Waals surface area contributed by atoms with Crippen molar-refractivity contribution in [3.63, 3.8) is 0 Å². The number of phenols is 1. The second-order valence-electron chi connectivity index (χ2n) is 7.06. The highest BCUT2D eigenvalue weighted by molar-refractivity contribution is 6.31. The van der Waals surface area contributed by atoms with Gasteiger partial charge < -0.3 is 9.84 Å². The number of aliphatic imine (C=N–C) groups is 1. The van der Waals surface area contributed by atoms with Crippen LogP contribution in [0.3, 0.4) is 0 Å². The van der Waals surface area contributed by atoms with E-state index < -0.39 is 0 Å². The van der Waals surface area contributed by atoms with Crippen molar-refractivity contribution in [2.24, 2.45) is 4.99 Å². The lowest BCUT2D eigenvalue weighted by Gasteiger charge is -2.31. The highest BCUT2D eigenvalue weighted by Gasteiger charge is 2.29. The van der Waals surface area contributed by atoms with E-state index in [1.165, 1.54) is 0 Å². The SMILES string of the molecule is CCOc1cccc([C@H]2CC(c3ccc(Cl)cc3)=N[C@H](c3ccccc3Cl)N2)c1O. The maximum atomic E-state index is 10.8. The number of nitrogens with one attached hydrogen (secondary N) is 1. The molecule has 0 saturated heterocycles. The monoisotopic (exact) mass is 440 g/mol. The summed E-state index contributed by atoms with van der Waals surface area (Å²) in [6.07, 6.45) is 0.254. The summed E-state index contributed by atoms with van der Waals surface area (Å²) in [5, 5.41) is 15.7.